The number of likely N-dealkylation sites (tertiary alicyclic amines) is 1. The summed E-state index contributed by atoms with van der Waals surface area (Å²) in [6.45, 7) is 1.53. The van der Waals surface area contributed by atoms with Crippen molar-refractivity contribution in [3.8, 4) is 6.07 Å². The number of nitrogens with one attached hydrogen (secondary N) is 2. The van der Waals surface area contributed by atoms with Crippen molar-refractivity contribution in [3.05, 3.63) is 52.2 Å². The Morgan fingerprint density at radius 2 is 2.18 bits per heavy atom. The van der Waals surface area contributed by atoms with Crippen molar-refractivity contribution in [2.24, 2.45) is 0 Å². The maximum absolute atomic E-state index is 12.2. The Labute approximate surface area is 134 Å². The van der Waals surface area contributed by atoms with E-state index in [1.807, 2.05) is 0 Å². The molecule has 1 aromatic carbocycles. The van der Waals surface area contributed by atoms with E-state index in [-0.39, 0.29) is 5.91 Å². The molecule has 1 aliphatic rings. The fourth-order valence-electron chi connectivity index (χ4n) is 3.00. The average Bonchev–Trinajstić information content (AvgIpc) is 3.18. The van der Waals surface area contributed by atoms with Crippen molar-refractivity contribution in [2.75, 3.05) is 18.4 Å². The molecule has 4 nitrogen and oxygen atoms in total. The van der Waals surface area contributed by atoms with Crippen LogP contribution in [0.15, 0.2) is 41.8 Å². The van der Waals surface area contributed by atoms with Crippen LogP contribution in [0.2, 0.25) is 0 Å². The SMILES string of the molecule is N#Cc1ccc(NC(=O)C[NH+]2CCC[C@H]2c2cccs2)cc1. The third-order valence-electron chi connectivity index (χ3n) is 4.06. The molecular weight excluding hydrogens is 294 g/mol. The summed E-state index contributed by atoms with van der Waals surface area (Å²) in [5.74, 6) is 0.0307. The van der Waals surface area contributed by atoms with Gasteiger partial charge in [-0.1, -0.05) is 6.07 Å². The van der Waals surface area contributed by atoms with Crippen molar-refractivity contribution < 1.29 is 9.69 Å². The van der Waals surface area contributed by atoms with Gasteiger partial charge in [0, 0.05) is 18.5 Å². The van der Waals surface area contributed by atoms with Gasteiger partial charge in [-0.15, -0.1) is 11.3 Å². The molecule has 2 heterocycles. The van der Waals surface area contributed by atoms with Crippen LogP contribution >= 0.6 is 11.3 Å². The maximum Gasteiger partial charge on any atom is 0.279 e. The van der Waals surface area contributed by atoms with Gasteiger partial charge < -0.3 is 10.2 Å². The molecule has 0 saturated carbocycles. The van der Waals surface area contributed by atoms with Crippen molar-refractivity contribution in [2.45, 2.75) is 18.9 Å². The van der Waals surface area contributed by atoms with Gasteiger partial charge in [-0.2, -0.15) is 5.26 Å². The van der Waals surface area contributed by atoms with Crippen LogP contribution < -0.4 is 10.2 Å². The molecule has 1 saturated heterocycles. The smallest absolute Gasteiger partial charge is 0.279 e. The largest absolute Gasteiger partial charge is 0.321 e. The highest BCUT2D eigenvalue weighted by Crippen LogP contribution is 2.23. The molecule has 1 fully saturated rings. The molecule has 0 aliphatic carbocycles. The molecule has 22 heavy (non-hydrogen) atoms. The summed E-state index contributed by atoms with van der Waals surface area (Å²) >= 11 is 1.78. The third-order valence-corrected chi connectivity index (χ3v) is 5.04. The second kappa shape index (κ2) is 6.73. The summed E-state index contributed by atoms with van der Waals surface area (Å²) in [5, 5.41) is 13.8. The van der Waals surface area contributed by atoms with Crippen molar-refractivity contribution in [1.82, 2.24) is 0 Å². The number of nitrogens with zero attached hydrogens (tertiary/aromatic N) is 1. The van der Waals surface area contributed by atoms with E-state index in [1.165, 1.54) is 16.2 Å². The lowest BCUT2D eigenvalue weighted by Crippen LogP contribution is -3.11. The molecule has 2 N–H and O–H groups in total. The molecule has 0 spiro atoms. The normalized spacial score (nSPS) is 20.5. The summed E-state index contributed by atoms with van der Waals surface area (Å²) < 4.78 is 0. The second-order valence-electron chi connectivity index (χ2n) is 5.53. The van der Waals surface area contributed by atoms with E-state index in [1.54, 1.807) is 35.6 Å². The van der Waals surface area contributed by atoms with Crippen molar-refractivity contribution >= 4 is 22.9 Å². The number of quaternary nitrogens is 1. The Bertz CT molecular complexity index is 673. The van der Waals surface area contributed by atoms with Gasteiger partial charge in [-0.05, 0) is 35.7 Å². The van der Waals surface area contributed by atoms with E-state index in [2.05, 4.69) is 28.9 Å². The molecule has 2 atom stereocenters. The highest BCUT2D eigenvalue weighted by Gasteiger charge is 2.32. The number of hydrogen-bond donors (Lipinski definition) is 2. The molecule has 112 valence electrons. The summed E-state index contributed by atoms with van der Waals surface area (Å²) in [4.78, 5) is 15.0. The number of anilines is 1. The third kappa shape index (κ3) is 3.35. The van der Waals surface area contributed by atoms with Gasteiger partial charge in [-0.3, -0.25) is 4.79 Å². The minimum absolute atomic E-state index is 0.0307. The summed E-state index contributed by atoms with van der Waals surface area (Å²) in [6.07, 6.45) is 2.32. The number of rotatable bonds is 4. The van der Waals surface area contributed by atoms with E-state index in [4.69, 9.17) is 5.26 Å². The van der Waals surface area contributed by atoms with E-state index >= 15 is 0 Å². The average molecular weight is 312 g/mol. The highest BCUT2D eigenvalue weighted by atomic mass is 32.1. The number of hydrogen-bond acceptors (Lipinski definition) is 3. The standard InChI is InChI=1S/C17H17N3OS/c18-11-13-5-7-14(8-6-13)19-17(21)12-20-9-1-3-15(20)16-4-2-10-22-16/h2,4-8,10,15H,1,3,9,12H2,(H,19,21)/p+1/t15-/m0/s1. The number of thiophene rings is 1. The molecule has 1 aromatic heterocycles. The first-order valence-corrected chi connectivity index (χ1v) is 8.32. The van der Waals surface area contributed by atoms with E-state index in [0.29, 0.717) is 18.2 Å². The summed E-state index contributed by atoms with van der Waals surface area (Å²) in [7, 11) is 0. The van der Waals surface area contributed by atoms with E-state index in [0.717, 1.165) is 18.7 Å². The van der Waals surface area contributed by atoms with Crippen molar-refractivity contribution in [3.63, 3.8) is 0 Å². The molecule has 1 amide bonds. The topological polar surface area (TPSA) is 57.3 Å². The maximum atomic E-state index is 12.2. The van der Waals surface area contributed by atoms with Gasteiger partial charge in [-0.25, -0.2) is 0 Å². The van der Waals surface area contributed by atoms with Crippen LogP contribution in [0.25, 0.3) is 0 Å². The molecular formula is C17H18N3OS+. The lowest BCUT2D eigenvalue weighted by molar-refractivity contribution is -0.910. The highest BCUT2D eigenvalue weighted by molar-refractivity contribution is 7.10. The predicted molar refractivity (Wildman–Crippen MR) is 86.8 cm³/mol. The van der Waals surface area contributed by atoms with E-state index < -0.39 is 0 Å². The van der Waals surface area contributed by atoms with Gasteiger partial charge in [0.25, 0.3) is 5.91 Å². The minimum Gasteiger partial charge on any atom is -0.321 e. The van der Waals surface area contributed by atoms with Crippen LogP contribution in [-0.2, 0) is 4.79 Å². The molecule has 0 bridgehead atoms. The summed E-state index contributed by atoms with van der Waals surface area (Å²) in [6, 6.07) is 13.7. The van der Waals surface area contributed by atoms with E-state index in [9.17, 15) is 4.79 Å². The van der Waals surface area contributed by atoms with Crippen LogP contribution in [0.1, 0.15) is 29.3 Å². The quantitative estimate of drug-likeness (QED) is 0.907. The van der Waals surface area contributed by atoms with Crippen LogP contribution in [-0.4, -0.2) is 19.0 Å². The second-order valence-corrected chi connectivity index (χ2v) is 6.51. The molecule has 5 heteroatoms. The monoisotopic (exact) mass is 312 g/mol. The molecule has 3 rings (SSSR count). The number of carbonyl (C=O) groups excluding carboxylic acids is 1. The molecule has 2 aromatic rings. The molecule has 1 aliphatic heterocycles. The first-order chi connectivity index (χ1) is 10.8. The first kappa shape index (κ1) is 14.8. The number of amides is 1. The van der Waals surface area contributed by atoms with Crippen LogP contribution in [0.5, 0.6) is 0 Å². The zero-order valence-corrected chi connectivity index (χ0v) is 13.0. The number of carbonyl (C=O) groups is 1. The van der Waals surface area contributed by atoms with Crippen molar-refractivity contribution in [1.29, 1.82) is 5.26 Å². The van der Waals surface area contributed by atoms with Crippen LogP contribution in [0, 0.1) is 11.3 Å². The fraction of sp³-hybridized carbons (Fsp3) is 0.294. The Hall–Kier alpha value is -2.16. The molecule has 0 radical (unpaired) electrons. The first-order valence-electron chi connectivity index (χ1n) is 7.44. The van der Waals surface area contributed by atoms with Gasteiger partial charge in [0.15, 0.2) is 6.54 Å². The number of nitriles is 1. The predicted octanol–water partition coefficient (Wildman–Crippen LogP) is 1.98. The Kier molecular flexibility index (Phi) is 4.52. The minimum atomic E-state index is 0.0307. The van der Waals surface area contributed by atoms with Gasteiger partial charge in [0.1, 0.15) is 6.04 Å². The van der Waals surface area contributed by atoms with Gasteiger partial charge >= 0.3 is 0 Å². The van der Waals surface area contributed by atoms with Gasteiger partial charge in [0.2, 0.25) is 0 Å². The lowest BCUT2D eigenvalue weighted by atomic mass is 10.2. The zero-order chi connectivity index (χ0) is 15.4. The van der Waals surface area contributed by atoms with Gasteiger partial charge in [0.05, 0.1) is 23.1 Å². The lowest BCUT2D eigenvalue weighted by Gasteiger charge is -2.20. The Balaban J connectivity index is 1.60. The van der Waals surface area contributed by atoms with Crippen LogP contribution in [0.3, 0.4) is 0 Å². The molecule has 1 unspecified atom stereocenters. The Morgan fingerprint density at radius 1 is 1.36 bits per heavy atom. The Morgan fingerprint density at radius 3 is 2.86 bits per heavy atom. The summed E-state index contributed by atoms with van der Waals surface area (Å²) in [5.41, 5.74) is 1.34. The van der Waals surface area contributed by atoms with Crippen LogP contribution in [0.4, 0.5) is 5.69 Å². The fourth-order valence-corrected chi connectivity index (χ4v) is 3.92. The number of benzene rings is 1. The zero-order valence-electron chi connectivity index (χ0n) is 12.2.